The second-order valence-electron chi connectivity index (χ2n) is 6.80. The molecule has 3 aromatic carbocycles. The van der Waals surface area contributed by atoms with Gasteiger partial charge in [-0.25, -0.2) is 0 Å². The highest BCUT2D eigenvalue weighted by atomic mass is 32.2. The Balaban J connectivity index is 1.67. The van der Waals surface area contributed by atoms with Crippen LogP contribution >= 0.6 is 0 Å². The van der Waals surface area contributed by atoms with Crippen LogP contribution in [0.25, 0.3) is 0 Å². The first-order chi connectivity index (χ1) is 14.8. The van der Waals surface area contributed by atoms with Crippen LogP contribution in [0, 0.1) is 0 Å². The summed E-state index contributed by atoms with van der Waals surface area (Å²) in [7, 11) is 3.17. The molecule has 1 heterocycles. The molecular weight excluding hydrogens is 390 g/mol. The van der Waals surface area contributed by atoms with Gasteiger partial charge < -0.3 is 9.47 Å². The molecule has 3 nitrogen and oxygen atoms in total. The van der Waals surface area contributed by atoms with Gasteiger partial charge in [-0.3, -0.25) is 4.98 Å². The minimum Gasteiger partial charge on any atom is -0.497 e. The smallest absolute Gasteiger partial charge is 0.166 e. The van der Waals surface area contributed by atoms with E-state index >= 15 is 0 Å². The zero-order chi connectivity index (χ0) is 20.8. The second kappa shape index (κ2) is 9.51. The molecule has 0 aliphatic heterocycles. The molecule has 0 saturated heterocycles. The predicted octanol–water partition coefficient (Wildman–Crippen LogP) is 5.79. The third-order valence-corrected chi connectivity index (χ3v) is 7.09. The van der Waals surface area contributed by atoms with Gasteiger partial charge in [0.1, 0.15) is 11.5 Å². The lowest BCUT2D eigenvalue weighted by molar-refractivity contribution is 0.414. The first kappa shape index (κ1) is 20.0. The molecule has 1 aromatic heterocycles. The molecule has 0 atom stereocenters. The standard InChI is InChI=1S/C26H24NO2S/c1-28-22-8-14-25(15-9-22)30(26-16-10-23(29-2)11-17-26)24-12-6-20(7-13-24)19-21-5-3-4-18-27-21/h3-18H,19H2,1-2H3/q+1. The molecule has 0 radical (unpaired) electrons. The van der Waals surface area contributed by atoms with Gasteiger partial charge in [0.2, 0.25) is 0 Å². The van der Waals surface area contributed by atoms with Gasteiger partial charge in [-0.1, -0.05) is 18.2 Å². The monoisotopic (exact) mass is 414 g/mol. The van der Waals surface area contributed by atoms with Gasteiger partial charge in [0.25, 0.3) is 0 Å². The van der Waals surface area contributed by atoms with Crippen LogP contribution in [0.3, 0.4) is 0 Å². The lowest BCUT2D eigenvalue weighted by Crippen LogP contribution is -2.05. The summed E-state index contributed by atoms with van der Waals surface area (Å²) in [5, 5.41) is 0. The second-order valence-corrected chi connectivity index (χ2v) is 8.83. The fourth-order valence-corrected chi connectivity index (χ4v) is 5.33. The van der Waals surface area contributed by atoms with Crippen LogP contribution in [0.15, 0.2) is 112 Å². The van der Waals surface area contributed by atoms with Gasteiger partial charge in [0.15, 0.2) is 14.7 Å². The molecule has 0 N–H and O–H groups in total. The van der Waals surface area contributed by atoms with Crippen LogP contribution in [-0.4, -0.2) is 19.2 Å². The highest BCUT2D eigenvalue weighted by Crippen LogP contribution is 2.33. The lowest BCUT2D eigenvalue weighted by atomic mass is 10.1. The van der Waals surface area contributed by atoms with E-state index in [9.17, 15) is 0 Å². The number of hydrogen-bond acceptors (Lipinski definition) is 3. The van der Waals surface area contributed by atoms with E-state index in [0.717, 1.165) is 23.6 Å². The minimum atomic E-state index is -0.217. The Morgan fingerprint density at radius 3 is 1.57 bits per heavy atom. The third kappa shape index (κ3) is 4.66. The highest BCUT2D eigenvalue weighted by molar-refractivity contribution is 7.97. The van der Waals surface area contributed by atoms with Crippen molar-refractivity contribution in [2.24, 2.45) is 0 Å². The minimum absolute atomic E-state index is 0.217. The SMILES string of the molecule is COc1ccc([S+](c2ccc(Cc3ccccn3)cc2)c2ccc(OC)cc2)cc1. The van der Waals surface area contributed by atoms with Crippen molar-refractivity contribution in [3.63, 3.8) is 0 Å². The molecule has 30 heavy (non-hydrogen) atoms. The van der Waals surface area contributed by atoms with Crippen LogP contribution in [-0.2, 0) is 17.3 Å². The lowest BCUT2D eigenvalue weighted by Gasteiger charge is -2.10. The molecule has 4 rings (SSSR count). The van der Waals surface area contributed by atoms with Crippen LogP contribution < -0.4 is 9.47 Å². The summed E-state index contributed by atoms with van der Waals surface area (Å²) in [5.74, 6) is 1.73. The van der Waals surface area contributed by atoms with E-state index in [1.165, 1.54) is 20.2 Å². The largest absolute Gasteiger partial charge is 0.497 e. The van der Waals surface area contributed by atoms with Crippen molar-refractivity contribution in [1.29, 1.82) is 0 Å². The number of rotatable bonds is 7. The van der Waals surface area contributed by atoms with Crippen LogP contribution in [0.5, 0.6) is 11.5 Å². The van der Waals surface area contributed by atoms with Gasteiger partial charge in [0.05, 0.1) is 25.1 Å². The molecule has 0 aliphatic rings. The molecule has 0 unspecified atom stereocenters. The van der Waals surface area contributed by atoms with E-state index in [2.05, 4.69) is 59.6 Å². The van der Waals surface area contributed by atoms with Crippen LogP contribution in [0.1, 0.15) is 11.3 Å². The van der Waals surface area contributed by atoms with Crippen molar-refractivity contribution < 1.29 is 9.47 Å². The maximum Gasteiger partial charge on any atom is 0.166 e. The predicted molar refractivity (Wildman–Crippen MR) is 122 cm³/mol. The number of methoxy groups -OCH3 is 2. The molecule has 150 valence electrons. The molecule has 0 saturated carbocycles. The van der Waals surface area contributed by atoms with Crippen molar-refractivity contribution in [3.05, 3.63) is 108 Å². The molecule has 0 spiro atoms. The summed E-state index contributed by atoms with van der Waals surface area (Å²) in [4.78, 5) is 8.21. The zero-order valence-electron chi connectivity index (χ0n) is 17.1. The molecular formula is C26H24NO2S+. The van der Waals surface area contributed by atoms with Gasteiger partial charge in [0, 0.05) is 18.3 Å². The average molecular weight is 415 g/mol. The Bertz CT molecular complexity index is 1020. The Morgan fingerprint density at radius 1 is 0.633 bits per heavy atom. The number of hydrogen-bond donors (Lipinski definition) is 0. The van der Waals surface area contributed by atoms with Gasteiger partial charge in [-0.2, -0.15) is 0 Å². The van der Waals surface area contributed by atoms with E-state index in [-0.39, 0.29) is 10.9 Å². The van der Waals surface area contributed by atoms with Crippen molar-refractivity contribution in [3.8, 4) is 11.5 Å². The van der Waals surface area contributed by atoms with Crippen molar-refractivity contribution in [2.45, 2.75) is 21.1 Å². The number of ether oxygens (including phenoxy) is 2. The Labute approximate surface area is 180 Å². The molecule has 0 bridgehead atoms. The number of benzene rings is 3. The van der Waals surface area contributed by atoms with Gasteiger partial charge in [-0.15, -0.1) is 0 Å². The maximum absolute atomic E-state index is 5.34. The molecule has 4 heteroatoms. The average Bonchev–Trinajstić information content (AvgIpc) is 2.82. The van der Waals surface area contributed by atoms with E-state index < -0.39 is 0 Å². The highest BCUT2D eigenvalue weighted by Gasteiger charge is 2.28. The normalized spacial score (nSPS) is 10.8. The third-order valence-electron chi connectivity index (χ3n) is 4.86. The number of nitrogens with zero attached hydrogens (tertiary/aromatic N) is 1. The Hall–Kier alpha value is -3.24. The fraction of sp³-hybridized carbons (Fsp3) is 0.115. The number of pyridine rings is 1. The topological polar surface area (TPSA) is 31.4 Å². The zero-order valence-corrected chi connectivity index (χ0v) is 17.9. The Kier molecular flexibility index (Phi) is 6.35. The summed E-state index contributed by atoms with van der Waals surface area (Å²) in [6, 6.07) is 31.6. The molecule has 4 aromatic rings. The summed E-state index contributed by atoms with van der Waals surface area (Å²) in [5.41, 5.74) is 2.33. The quantitative estimate of drug-likeness (QED) is 0.359. The summed E-state index contributed by atoms with van der Waals surface area (Å²) >= 11 is 0. The van der Waals surface area contributed by atoms with E-state index in [4.69, 9.17) is 9.47 Å². The summed E-state index contributed by atoms with van der Waals surface area (Å²) < 4.78 is 10.7. The van der Waals surface area contributed by atoms with E-state index in [1.54, 1.807) is 14.2 Å². The summed E-state index contributed by atoms with van der Waals surface area (Å²) in [6.45, 7) is 0. The fourth-order valence-electron chi connectivity index (χ4n) is 3.29. The molecule has 0 amide bonds. The van der Waals surface area contributed by atoms with Gasteiger partial charge >= 0.3 is 0 Å². The number of aromatic nitrogens is 1. The van der Waals surface area contributed by atoms with Gasteiger partial charge in [-0.05, 0) is 78.4 Å². The Morgan fingerprint density at radius 2 is 1.13 bits per heavy atom. The van der Waals surface area contributed by atoms with Crippen molar-refractivity contribution in [2.75, 3.05) is 14.2 Å². The summed E-state index contributed by atoms with van der Waals surface area (Å²) in [6.07, 6.45) is 2.68. The van der Waals surface area contributed by atoms with Crippen molar-refractivity contribution >= 4 is 10.9 Å². The first-order valence-electron chi connectivity index (χ1n) is 9.78. The first-order valence-corrected chi connectivity index (χ1v) is 11.0. The van der Waals surface area contributed by atoms with Crippen molar-refractivity contribution in [1.82, 2.24) is 4.98 Å². The van der Waals surface area contributed by atoms with E-state index in [0.29, 0.717) is 0 Å². The molecule has 0 aliphatic carbocycles. The maximum atomic E-state index is 5.34. The van der Waals surface area contributed by atoms with E-state index in [1.807, 2.05) is 42.6 Å². The van der Waals surface area contributed by atoms with Crippen LogP contribution in [0.4, 0.5) is 0 Å². The van der Waals surface area contributed by atoms with Crippen LogP contribution in [0.2, 0.25) is 0 Å². The molecule has 0 fully saturated rings.